The van der Waals surface area contributed by atoms with Gasteiger partial charge in [-0.05, 0) is 53.8 Å². The van der Waals surface area contributed by atoms with E-state index in [1.165, 1.54) is 83.4 Å². The maximum Gasteiger partial charge on any atom is 0.485 e. The molecular formula is C38H38F3NO3S. The van der Waals surface area contributed by atoms with Crippen LogP contribution in [0.25, 0.3) is 39.3 Å². The number of alkyl halides is 3. The molecule has 0 bridgehead atoms. The zero-order valence-electron chi connectivity index (χ0n) is 25.8. The molecule has 5 aromatic rings. The summed E-state index contributed by atoms with van der Waals surface area (Å²) in [7, 11) is -6.09. The van der Waals surface area contributed by atoms with E-state index in [0.717, 1.165) is 6.42 Å². The molecule has 0 fully saturated rings. The Labute approximate surface area is 270 Å². The third-order valence-electron chi connectivity index (χ3n) is 7.61. The molecule has 240 valence electrons. The van der Waals surface area contributed by atoms with Crippen molar-refractivity contribution < 1.29 is 30.7 Å². The SMILES string of the molecule is CCCCCCCCc1ccc(-[n+]2c(-c3ccccc3)cc(-c3ccccc3)cc2-c2ccccc2)cc1.O=S(=O)([O-])C(F)(F)F. The lowest BCUT2D eigenvalue weighted by Crippen LogP contribution is -2.36. The van der Waals surface area contributed by atoms with Crippen molar-refractivity contribution >= 4 is 10.1 Å². The molecule has 0 saturated carbocycles. The zero-order chi connectivity index (χ0) is 33.0. The van der Waals surface area contributed by atoms with E-state index in [1.807, 2.05) is 0 Å². The average molecular weight is 646 g/mol. The number of unbranched alkanes of at least 4 members (excludes halogenated alkanes) is 5. The normalized spacial score (nSPS) is 11.5. The highest BCUT2D eigenvalue weighted by atomic mass is 32.2. The third-order valence-corrected chi connectivity index (χ3v) is 8.18. The number of hydrogen-bond acceptors (Lipinski definition) is 3. The van der Waals surface area contributed by atoms with Gasteiger partial charge >= 0.3 is 5.51 Å². The van der Waals surface area contributed by atoms with Crippen molar-refractivity contribution in [2.45, 2.75) is 57.4 Å². The summed E-state index contributed by atoms with van der Waals surface area (Å²) in [5.74, 6) is 0. The predicted octanol–water partition coefficient (Wildman–Crippen LogP) is 9.92. The second-order valence-corrected chi connectivity index (χ2v) is 12.4. The second kappa shape index (κ2) is 16.3. The fourth-order valence-electron chi connectivity index (χ4n) is 5.23. The molecule has 0 aliphatic carbocycles. The summed E-state index contributed by atoms with van der Waals surface area (Å²) in [5.41, 5.74) is 4.21. The monoisotopic (exact) mass is 645 g/mol. The van der Waals surface area contributed by atoms with Crippen molar-refractivity contribution in [2.75, 3.05) is 0 Å². The first-order valence-electron chi connectivity index (χ1n) is 15.5. The first-order chi connectivity index (χ1) is 22.1. The minimum absolute atomic E-state index is 1.15. The van der Waals surface area contributed by atoms with Gasteiger partial charge < -0.3 is 4.55 Å². The van der Waals surface area contributed by atoms with E-state index in [2.05, 4.69) is 139 Å². The molecule has 0 N–H and O–H groups in total. The first-order valence-corrected chi connectivity index (χ1v) is 16.9. The van der Waals surface area contributed by atoms with Crippen LogP contribution in [-0.2, 0) is 16.5 Å². The number of hydrogen-bond donors (Lipinski definition) is 0. The van der Waals surface area contributed by atoms with Crippen LogP contribution in [0.15, 0.2) is 127 Å². The number of pyridine rings is 1. The summed E-state index contributed by atoms with van der Waals surface area (Å²) < 4.78 is 61.3. The summed E-state index contributed by atoms with van der Waals surface area (Å²) >= 11 is 0. The number of aryl methyl sites for hydroxylation is 1. The quantitative estimate of drug-likeness (QED) is 0.0622. The number of benzene rings is 4. The Balaban J connectivity index is 0.000000533. The van der Waals surface area contributed by atoms with Gasteiger partial charge in [0.05, 0.1) is 0 Å². The number of halogens is 3. The molecule has 5 rings (SSSR count). The van der Waals surface area contributed by atoms with Gasteiger partial charge in [0.1, 0.15) is 0 Å². The molecule has 8 heteroatoms. The van der Waals surface area contributed by atoms with Crippen LogP contribution in [0.1, 0.15) is 51.0 Å². The van der Waals surface area contributed by atoms with E-state index in [1.54, 1.807) is 0 Å². The molecular weight excluding hydrogens is 607 g/mol. The van der Waals surface area contributed by atoms with Crippen LogP contribution >= 0.6 is 0 Å². The van der Waals surface area contributed by atoms with Crippen LogP contribution in [0.5, 0.6) is 0 Å². The van der Waals surface area contributed by atoms with Gasteiger partial charge in [0.25, 0.3) is 0 Å². The average Bonchev–Trinajstić information content (AvgIpc) is 3.07. The highest BCUT2D eigenvalue weighted by Crippen LogP contribution is 2.30. The standard InChI is InChI=1S/C37H38N.CHF3O3S/c1-2-3-4-5-6-10-17-30-24-26-35(27-25-30)38-36(32-20-13-8-14-21-32)28-34(31-18-11-7-12-19-31)29-37(38)33-22-15-9-16-23-33;2-1(3,4)8(5,6)7/h7-9,11-16,18-29H,2-6,10,17H2,1H3;(H,5,6,7)/q+1;/p-1. The molecule has 0 unspecified atom stereocenters. The van der Waals surface area contributed by atoms with Gasteiger partial charge in [-0.3, -0.25) is 0 Å². The zero-order valence-corrected chi connectivity index (χ0v) is 26.6. The number of aromatic nitrogens is 1. The van der Waals surface area contributed by atoms with Crippen LogP contribution in [0, 0.1) is 0 Å². The Morgan fingerprint density at radius 3 is 1.43 bits per heavy atom. The van der Waals surface area contributed by atoms with Crippen molar-refractivity contribution in [1.29, 1.82) is 0 Å². The van der Waals surface area contributed by atoms with Crippen molar-refractivity contribution in [3.8, 4) is 39.3 Å². The van der Waals surface area contributed by atoms with Crippen LogP contribution in [0.3, 0.4) is 0 Å². The van der Waals surface area contributed by atoms with Crippen molar-refractivity contribution in [3.05, 3.63) is 133 Å². The van der Waals surface area contributed by atoms with Gasteiger partial charge in [-0.2, -0.15) is 17.7 Å². The highest BCUT2D eigenvalue weighted by molar-refractivity contribution is 7.86. The summed E-state index contributed by atoms with van der Waals surface area (Å²) in [6.07, 6.45) is 9.15. The third kappa shape index (κ3) is 9.61. The highest BCUT2D eigenvalue weighted by Gasteiger charge is 2.37. The summed E-state index contributed by atoms with van der Waals surface area (Å²) in [5, 5.41) is 0. The molecule has 0 amide bonds. The maximum absolute atomic E-state index is 10.7. The number of nitrogens with zero attached hydrogens (tertiary/aromatic N) is 1. The summed E-state index contributed by atoms with van der Waals surface area (Å²) in [6, 6.07) is 46.1. The fraction of sp³-hybridized carbons (Fsp3) is 0.237. The van der Waals surface area contributed by atoms with Gasteiger partial charge in [0, 0.05) is 35.4 Å². The fourth-order valence-corrected chi connectivity index (χ4v) is 5.23. The Kier molecular flexibility index (Phi) is 12.3. The largest absolute Gasteiger partial charge is 0.741 e. The Morgan fingerprint density at radius 2 is 1.00 bits per heavy atom. The van der Waals surface area contributed by atoms with Gasteiger partial charge in [-0.1, -0.05) is 118 Å². The first kappa shape index (κ1) is 34.6. The molecule has 0 spiro atoms. The Hall–Kier alpha value is -4.27. The molecule has 0 saturated heterocycles. The van der Waals surface area contributed by atoms with Gasteiger partial charge in [0.2, 0.25) is 17.1 Å². The Morgan fingerprint density at radius 1 is 0.587 bits per heavy atom. The smallest absolute Gasteiger partial charge is 0.485 e. The summed E-state index contributed by atoms with van der Waals surface area (Å²) in [6.45, 7) is 2.28. The van der Waals surface area contributed by atoms with Gasteiger partial charge in [0.15, 0.2) is 10.1 Å². The molecule has 0 radical (unpaired) electrons. The molecule has 4 aromatic carbocycles. The molecule has 46 heavy (non-hydrogen) atoms. The molecule has 0 aliphatic heterocycles. The van der Waals surface area contributed by atoms with Crippen molar-refractivity contribution in [3.63, 3.8) is 0 Å². The molecule has 1 aromatic heterocycles. The lowest BCUT2D eigenvalue weighted by Gasteiger charge is -2.13. The predicted molar refractivity (Wildman–Crippen MR) is 177 cm³/mol. The van der Waals surface area contributed by atoms with Crippen LogP contribution in [-0.4, -0.2) is 18.5 Å². The van der Waals surface area contributed by atoms with E-state index in [9.17, 15) is 13.2 Å². The van der Waals surface area contributed by atoms with E-state index in [0.29, 0.717) is 0 Å². The molecule has 1 heterocycles. The topological polar surface area (TPSA) is 61.1 Å². The van der Waals surface area contributed by atoms with Crippen molar-refractivity contribution in [2.24, 2.45) is 0 Å². The molecule has 4 nitrogen and oxygen atoms in total. The van der Waals surface area contributed by atoms with Gasteiger partial charge in [-0.15, -0.1) is 0 Å². The summed E-state index contributed by atoms with van der Waals surface area (Å²) in [4.78, 5) is 0. The maximum atomic E-state index is 10.7. The second-order valence-electron chi connectivity index (χ2n) is 11.0. The molecule has 0 atom stereocenters. The van der Waals surface area contributed by atoms with E-state index in [4.69, 9.17) is 13.0 Å². The van der Waals surface area contributed by atoms with Crippen LogP contribution in [0.4, 0.5) is 13.2 Å². The van der Waals surface area contributed by atoms with Crippen LogP contribution in [0.2, 0.25) is 0 Å². The lowest BCUT2D eigenvalue weighted by atomic mass is 9.98. The van der Waals surface area contributed by atoms with E-state index in [-0.39, 0.29) is 0 Å². The number of rotatable bonds is 11. The van der Waals surface area contributed by atoms with Crippen molar-refractivity contribution in [1.82, 2.24) is 0 Å². The van der Waals surface area contributed by atoms with Gasteiger partial charge in [-0.25, -0.2) is 8.42 Å². The van der Waals surface area contributed by atoms with E-state index < -0.39 is 15.6 Å². The lowest BCUT2D eigenvalue weighted by molar-refractivity contribution is -0.572. The van der Waals surface area contributed by atoms with Crippen LogP contribution < -0.4 is 4.57 Å². The molecule has 0 aliphatic rings. The minimum atomic E-state index is -6.09. The van der Waals surface area contributed by atoms with E-state index >= 15 is 0 Å². The minimum Gasteiger partial charge on any atom is -0.741 e. The Bertz CT molecular complexity index is 1700.